The standard InChI is InChI=1S/C20H12BrNO5/c21-11-2-6-15-14(8-11)12-3-4-13(20(26)22-9-23)18-10(7-17(24)25)1-5-16(27-15)19(12)18/h1-6,8-9H,7H2,(H,24,25)(H,22,23,26). The van der Waals surface area contributed by atoms with E-state index >= 15 is 0 Å². The zero-order chi connectivity index (χ0) is 19.1. The van der Waals surface area contributed by atoms with E-state index in [0.29, 0.717) is 34.2 Å². The largest absolute Gasteiger partial charge is 0.481 e. The van der Waals surface area contributed by atoms with Crippen LogP contribution in [0.15, 0.2) is 46.9 Å². The molecule has 0 aliphatic carbocycles. The molecule has 3 aromatic carbocycles. The number of aliphatic carboxylic acids is 1. The van der Waals surface area contributed by atoms with Gasteiger partial charge in [-0.05, 0) is 41.5 Å². The summed E-state index contributed by atoms with van der Waals surface area (Å²) in [6.07, 6.45) is 0.0461. The van der Waals surface area contributed by atoms with Gasteiger partial charge in [0.25, 0.3) is 5.91 Å². The lowest BCUT2D eigenvalue weighted by molar-refractivity contribution is -0.136. The quantitative estimate of drug-likeness (QED) is 0.483. The summed E-state index contributed by atoms with van der Waals surface area (Å²) in [6, 6.07) is 12.3. The van der Waals surface area contributed by atoms with Crippen LogP contribution in [-0.4, -0.2) is 23.4 Å². The van der Waals surface area contributed by atoms with Gasteiger partial charge in [-0.2, -0.15) is 0 Å². The lowest BCUT2D eigenvalue weighted by Crippen LogP contribution is -2.22. The van der Waals surface area contributed by atoms with Gasteiger partial charge in [-0.25, -0.2) is 0 Å². The zero-order valence-corrected chi connectivity index (χ0v) is 15.4. The topological polar surface area (TPSA) is 92.7 Å². The second kappa shape index (κ2) is 6.51. The highest BCUT2D eigenvalue weighted by Gasteiger charge is 2.25. The van der Waals surface area contributed by atoms with Crippen LogP contribution in [0.1, 0.15) is 15.9 Å². The number of halogens is 1. The normalized spacial score (nSPS) is 11.4. The summed E-state index contributed by atoms with van der Waals surface area (Å²) < 4.78 is 6.86. The molecule has 0 aromatic heterocycles. The Kier molecular flexibility index (Phi) is 4.16. The van der Waals surface area contributed by atoms with E-state index in [4.69, 9.17) is 4.74 Å². The molecule has 4 rings (SSSR count). The maximum absolute atomic E-state index is 12.4. The number of rotatable bonds is 4. The van der Waals surface area contributed by atoms with Crippen molar-refractivity contribution in [1.82, 2.24) is 5.32 Å². The Morgan fingerprint density at radius 3 is 2.56 bits per heavy atom. The van der Waals surface area contributed by atoms with Crippen molar-refractivity contribution in [2.24, 2.45) is 0 Å². The van der Waals surface area contributed by atoms with Crippen molar-refractivity contribution in [3.05, 3.63) is 58.1 Å². The van der Waals surface area contributed by atoms with Gasteiger partial charge in [-0.15, -0.1) is 0 Å². The molecule has 1 heterocycles. The summed E-state index contributed by atoms with van der Waals surface area (Å²) in [4.78, 5) is 34.4. The first kappa shape index (κ1) is 17.2. The van der Waals surface area contributed by atoms with Gasteiger partial charge >= 0.3 is 5.97 Å². The molecular weight excluding hydrogens is 414 g/mol. The Bertz CT molecular complexity index is 1140. The van der Waals surface area contributed by atoms with Crippen molar-refractivity contribution >= 4 is 45.0 Å². The number of carbonyl (C=O) groups is 3. The SMILES string of the molecule is O=CNC(=O)c1ccc2c3c(ccc(CC(=O)O)c13)Oc1ccc(Br)cc1-2. The number of nitrogens with one attached hydrogen (secondary N) is 1. The maximum atomic E-state index is 12.4. The van der Waals surface area contributed by atoms with Gasteiger partial charge in [0.1, 0.15) is 11.5 Å². The average molecular weight is 426 g/mol. The second-order valence-electron chi connectivity index (χ2n) is 6.04. The molecule has 6 nitrogen and oxygen atoms in total. The minimum Gasteiger partial charge on any atom is -0.481 e. The summed E-state index contributed by atoms with van der Waals surface area (Å²) >= 11 is 3.45. The Morgan fingerprint density at radius 1 is 1.04 bits per heavy atom. The monoisotopic (exact) mass is 425 g/mol. The summed E-state index contributed by atoms with van der Waals surface area (Å²) in [5.41, 5.74) is 2.36. The molecule has 2 N–H and O–H groups in total. The van der Waals surface area contributed by atoms with Crippen LogP contribution in [0.4, 0.5) is 0 Å². The first-order chi connectivity index (χ1) is 13.0. The molecule has 3 aromatic rings. The molecule has 1 aliphatic heterocycles. The number of carbonyl (C=O) groups excluding carboxylic acids is 2. The number of benzene rings is 3. The van der Waals surface area contributed by atoms with Crippen LogP contribution in [0.3, 0.4) is 0 Å². The van der Waals surface area contributed by atoms with E-state index < -0.39 is 11.9 Å². The lowest BCUT2D eigenvalue weighted by atomic mass is 9.88. The predicted octanol–water partition coefficient (Wildman–Crippen LogP) is 3.89. The van der Waals surface area contributed by atoms with Crippen LogP contribution in [0, 0.1) is 0 Å². The highest BCUT2D eigenvalue weighted by molar-refractivity contribution is 9.10. The highest BCUT2D eigenvalue weighted by Crippen LogP contribution is 2.48. The molecule has 134 valence electrons. The number of hydrogen-bond donors (Lipinski definition) is 2. The van der Waals surface area contributed by atoms with E-state index in [9.17, 15) is 19.5 Å². The molecule has 27 heavy (non-hydrogen) atoms. The maximum Gasteiger partial charge on any atom is 0.307 e. The van der Waals surface area contributed by atoms with Crippen molar-refractivity contribution in [3.63, 3.8) is 0 Å². The van der Waals surface area contributed by atoms with Crippen LogP contribution < -0.4 is 10.1 Å². The van der Waals surface area contributed by atoms with Crippen LogP contribution in [0.25, 0.3) is 21.9 Å². The fourth-order valence-electron chi connectivity index (χ4n) is 3.40. The fraction of sp³-hybridized carbons (Fsp3) is 0.0500. The third-order valence-electron chi connectivity index (χ3n) is 4.44. The zero-order valence-electron chi connectivity index (χ0n) is 13.8. The molecule has 0 atom stereocenters. The molecule has 1 aliphatic rings. The van der Waals surface area contributed by atoms with Crippen LogP contribution >= 0.6 is 15.9 Å². The first-order valence-corrected chi connectivity index (χ1v) is 8.81. The predicted molar refractivity (Wildman–Crippen MR) is 102 cm³/mol. The molecule has 0 fully saturated rings. The third-order valence-corrected chi connectivity index (χ3v) is 4.93. The Balaban J connectivity index is 2.09. The number of imide groups is 1. The van der Waals surface area contributed by atoms with Gasteiger partial charge in [-0.3, -0.25) is 19.7 Å². The molecule has 0 spiro atoms. The third kappa shape index (κ3) is 2.86. The molecule has 0 unspecified atom stereocenters. The van der Waals surface area contributed by atoms with Crippen LogP contribution in [0.5, 0.6) is 11.5 Å². The van der Waals surface area contributed by atoms with Gasteiger partial charge in [0.05, 0.1) is 6.42 Å². The molecular formula is C20H12BrNO5. The fourth-order valence-corrected chi connectivity index (χ4v) is 3.76. The van der Waals surface area contributed by atoms with Gasteiger partial charge < -0.3 is 9.84 Å². The molecule has 0 saturated carbocycles. The summed E-state index contributed by atoms with van der Waals surface area (Å²) in [7, 11) is 0. The molecule has 7 heteroatoms. The lowest BCUT2D eigenvalue weighted by Gasteiger charge is -2.23. The van der Waals surface area contributed by atoms with E-state index in [0.717, 1.165) is 15.6 Å². The van der Waals surface area contributed by atoms with Crippen molar-refractivity contribution < 1.29 is 24.2 Å². The van der Waals surface area contributed by atoms with E-state index in [-0.39, 0.29) is 12.0 Å². The Hall–Kier alpha value is -3.19. The number of hydrogen-bond acceptors (Lipinski definition) is 4. The molecule has 0 radical (unpaired) electrons. The molecule has 0 saturated heterocycles. The van der Waals surface area contributed by atoms with Crippen molar-refractivity contribution in [1.29, 1.82) is 0 Å². The Labute approximate surface area is 161 Å². The Morgan fingerprint density at radius 2 is 1.81 bits per heavy atom. The van der Waals surface area contributed by atoms with Crippen molar-refractivity contribution in [2.75, 3.05) is 0 Å². The number of fused-ring (bicyclic) bond motifs is 2. The van der Waals surface area contributed by atoms with Crippen LogP contribution in [-0.2, 0) is 16.0 Å². The first-order valence-electron chi connectivity index (χ1n) is 8.02. The van der Waals surface area contributed by atoms with Gasteiger partial charge in [0.15, 0.2) is 0 Å². The van der Waals surface area contributed by atoms with Gasteiger partial charge in [-0.1, -0.05) is 28.1 Å². The summed E-state index contributed by atoms with van der Waals surface area (Å²) in [5.74, 6) is -0.412. The van der Waals surface area contributed by atoms with Gasteiger partial charge in [0.2, 0.25) is 6.41 Å². The minimum atomic E-state index is -1.02. The van der Waals surface area contributed by atoms with Crippen molar-refractivity contribution in [2.45, 2.75) is 6.42 Å². The van der Waals surface area contributed by atoms with E-state index in [1.165, 1.54) is 0 Å². The average Bonchev–Trinajstić information content (AvgIpc) is 2.64. The molecule has 0 bridgehead atoms. The molecule has 2 amide bonds. The summed E-state index contributed by atoms with van der Waals surface area (Å²) in [5, 5.41) is 12.5. The number of carboxylic acid groups (broad SMARTS) is 1. The van der Waals surface area contributed by atoms with E-state index in [2.05, 4.69) is 21.2 Å². The number of ether oxygens (including phenoxy) is 1. The van der Waals surface area contributed by atoms with Crippen LogP contribution in [0.2, 0.25) is 0 Å². The van der Waals surface area contributed by atoms with Gasteiger partial charge in [0, 0.05) is 26.4 Å². The van der Waals surface area contributed by atoms with E-state index in [1.807, 2.05) is 18.2 Å². The summed E-state index contributed by atoms with van der Waals surface area (Å²) in [6.45, 7) is 0. The smallest absolute Gasteiger partial charge is 0.307 e. The van der Waals surface area contributed by atoms with E-state index in [1.54, 1.807) is 24.3 Å². The number of carboxylic acids is 1. The van der Waals surface area contributed by atoms with Crippen molar-refractivity contribution in [3.8, 4) is 22.6 Å². The highest BCUT2D eigenvalue weighted by atomic mass is 79.9. The minimum absolute atomic E-state index is 0.223. The second-order valence-corrected chi connectivity index (χ2v) is 6.95. The number of amides is 2.